The number of methoxy groups -OCH3 is 1. The molecule has 3 N–H and O–H groups in total. The van der Waals surface area contributed by atoms with Crippen molar-refractivity contribution in [2.45, 2.75) is 20.3 Å². The minimum Gasteiger partial charge on any atom is -0.493 e. The fourth-order valence-corrected chi connectivity index (χ4v) is 2.65. The second-order valence-electron chi connectivity index (χ2n) is 6.69. The Bertz CT molecular complexity index is 1000. The van der Waals surface area contributed by atoms with E-state index in [4.69, 9.17) is 9.47 Å². The van der Waals surface area contributed by atoms with E-state index in [0.717, 1.165) is 6.42 Å². The van der Waals surface area contributed by atoms with Crippen LogP contribution in [-0.2, 0) is 0 Å². The number of nitrogens with one attached hydrogen (secondary N) is 3. The summed E-state index contributed by atoms with van der Waals surface area (Å²) in [7, 11) is 1.54. The Morgan fingerprint density at radius 3 is 2.59 bits per heavy atom. The van der Waals surface area contributed by atoms with Gasteiger partial charge in [-0.25, -0.2) is 4.79 Å². The van der Waals surface area contributed by atoms with Crippen molar-refractivity contribution in [1.29, 1.82) is 0 Å². The molecule has 0 saturated carbocycles. The summed E-state index contributed by atoms with van der Waals surface area (Å²) in [6.07, 6.45) is 0.940. The molecule has 3 rings (SSSR count). The minimum atomic E-state index is -0.286. The summed E-state index contributed by atoms with van der Waals surface area (Å²) in [5, 5.41) is 2.82. The Labute approximate surface area is 156 Å². The Morgan fingerprint density at radius 1 is 1.07 bits per heavy atom. The highest BCUT2D eigenvalue weighted by Crippen LogP contribution is 2.29. The van der Waals surface area contributed by atoms with Gasteiger partial charge in [-0.15, -0.1) is 0 Å². The topological polar surface area (TPSA) is 96.2 Å². The van der Waals surface area contributed by atoms with Gasteiger partial charge in [0.25, 0.3) is 5.91 Å². The first kappa shape index (κ1) is 18.6. The van der Waals surface area contributed by atoms with E-state index in [1.807, 2.05) is 0 Å². The zero-order valence-corrected chi connectivity index (χ0v) is 15.6. The largest absolute Gasteiger partial charge is 0.493 e. The lowest BCUT2D eigenvalue weighted by molar-refractivity contribution is 0.102. The molecule has 0 saturated heterocycles. The molecule has 0 aliphatic carbocycles. The molecule has 2 aromatic carbocycles. The first-order chi connectivity index (χ1) is 13.0. The fraction of sp³-hybridized carbons (Fsp3) is 0.300. The summed E-state index contributed by atoms with van der Waals surface area (Å²) in [5.41, 5.74) is 2.06. The van der Waals surface area contributed by atoms with Crippen molar-refractivity contribution < 1.29 is 14.3 Å². The van der Waals surface area contributed by atoms with E-state index < -0.39 is 0 Å². The molecular weight excluding hydrogens is 346 g/mol. The van der Waals surface area contributed by atoms with Crippen LogP contribution in [0.5, 0.6) is 11.5 Å². The molecule has 1 aromatic heterocycles. The molecule has 0 unspecified atom stereocenters. The Morgan fingerprint density at radius 2 is 1.85 bits per heavy atom. The maximum absolute atomic E-state index is 12.6. The molecule has 0 radical (unpaired) electrons. The Balaban J connectivity index is 1.74. The van der Waals surface area contributed by atoms with Crippen molar-refractivity contribution in [3.8, 4) is 11.5 Å². The second-order valence-corrected chi connectivity index (χ2v) is 6.69. The minimum absolute atomic E-state index is 0.278. The summed E-state index contributed by atoms with van der Waals surface area (Å²) in [4.78, 5) is 29.2. The quantitative estimate of drug-likeness (QED) is 0.593. The van der Waals surface area contributed by atoms with Crippen molar-refractivity contribution in [2.24, 2.45) is 5.92 Å². The third-order valence-electron chi connectivity index (χ3n) is 4.15. The molecule has 0 aliphatic rings. The first-order valence-electron chi connectivity index (χ1n) is 8.80. The number of ether oxygens (including phenoxy) is 2. The molecule has 27 heavy (non-hydrogen) atoms. The predicted molar refractivity (Wildman–Crippen MR) is 105 cm³/mol. The van der Waals surface area contributed by atoms with E-state index in [0.29, 0.717) is 46.3 Å². The normalized spacial score (nSPS) is 11.0. The van der Waals surface area contributed by atoms with Gasteiger partial charge in [0, 0.05) is 11.3 Å². The van der Waals surface area contributed by atoms with Crippen LogP contribution in [0, 0.1) is 5.92 Å². The number of carbonyl (C=O) groups excluding carboxylic acids is 1. The van der Waals surface area contributed by atoms with Crippen LogP contribution in [0.3, 0.4) is 0 Å². The van der Waals surface area contributed by atoms with Crippen LogP contribution in [0.4, 0.5) is 5.69 Å². The first-order valence-corrected chi connectivity index (χ1v) is 8.80. The SMILES string of the molecule is COc1cc(C(=O)Nc2ccc3[nH]c(=O)[nH]c3c2)ccc1OCCC(C)C. The van der Waals surface area contributed by atoms with Crippen LogP contribution >= 0.6 is 0 Å². The van der Waals surface area contributed by atoms with E-state index in [1.165, 1.54) is 0 Å². The van der Waals surface area contributed by atoms with Gasteiger partial charge in [0.1, 0.15) is 0 Å². The van der Waals surface area contributed by atoms with Crippen LogP contribution in [0.1, 0.15) is 30.6 Å². The number of anilines is 1. The maximum atomic E-state index is 12.6. The van der Waals surface area contributed by atoms with E-state index in [-0.39, 0.29) is 11.6 Å². The van der Waals surface area contributed by atoms with Crippen LogP contribution in [0.25, 0.3) is 11.0 Å². The van der Waals surface area contributed by atoms with Crippen LogP contribution in [0.2, 0.25) is 0 Å². The van der Waals surface area contributed by atoms with Gasteiger partial charge in [-0.05, 0) is 48.7 Å². The predicted octanol–water partition coefficient (Wildman–Crippen LogP) is 3.54. The molecule has 3 aromatic rings. The molecule has 142 valence electrons. The van der Waals surface area contributed by atoms with Crippen LogP contribution < -0.4 is 20.5 Å². The second kappa shape index (κ2) is 7.99. The number of benzene rings is 2. The van der Waals surface area contributed by atoms with Crippen molar-refractivity contribution in [1.82, 2.24) is 9.97 Å². The molecule has 7 heteroatoms. The number of H-pyrrole nitrogens is 2. The summed E-state index contributed by atoms with van der Waals surface area (Å²) < 4.78 is 11.1. The van der Waals surface area contributed by atoms with Gasteiger partial charge in [-0.2, -0.15) is 0 Å². The van der Waals surface area contributed by atoms with Gasteiger partial charge in [-0.3, -0.25) is 4.79 Å². The highest BCUT2D eigenvalue weighted by molar-refractivity contribution is 6.05. The van der Waals surface area contributed by atoms with Gasteiger partial charge < -0.3 is 24.8 Å². The number of imidazole rings is 1. The summed E-state index contributed by atoms with van der Waals surface area (Å²) in [6, 6.07) is 10.2. The average molecular weight is 369 g/mol. The molecule has 0 fully saturated rings. The fourth-order valence-electron chi connectivity index (χ4n) is 2.65. The number of aromatic amines is 2. The zero-order chi connectivity index (χ0) is 19.4. The average Bonchev–Trinajstić information content (AvgIpc) is 3.00. The molecule has 0 spiro atoms. The van der Waals surface area contributed by atoms with Gasteiger partial charge in [0.05, 0.1) is 24.8 Å². The van der Waals surface area contributed by atoms with Gasteiger partial charge in [-0.1, -0.05) is 13.8 Å². The number of rotatable bonds is 7. The monoisotopic (exact) mass is 369 g/mol. The molecule has 1 amide bonds. The van der Waals surface area contributed by atoms with E-state index in [1.54, 1.807) is 43.5 Å². The highest BCUT2D eigenvalue weighted by Gasteiger charge is 2.12. The molecule has 7 nitrogen and oxygen atoms in total. The van der Waals surface area contributed by atoms with Crippen molar-refractivity contribution in [3.05, 3.63) is 52.4 Å². The number of aromatic nitrogens is 2. The van der Waals surface area contributed by atoms with E-state index in [9.17, 15) is 9.59 Å². The molecule has 0 bridgehead atoms. The summed E-state index contributed by atoms with van der Waals surface area (Å²) in [6.45, 7) is 4.86. The highest BCUT2D eigenvalue weighted by atomic mass is 16.5. The number of fused-ring (bicyclic) bond motifs is 1. The Hall–Kier alpha value is -3.22. The third kappa shape index (κ3) is 4.49. The van der Waals surface area contributed by atoms with Crippen molar-refractivity contribution in [2.75, 3.05) is 19.0 Å². The Kier molecular flexibility index (Phi) is 5.49. The number of amides is 1. The molecule has 0 aliphatic heterocycles. The van der Waals surface area contributed by atoms with Crippen molar-refractivity contribution >= 4 is 22.6 Å². The van der Waals surface area contributed by atoms with Crippen molar-refractivity contribution in [3.63, 3.8) is 0 Å². The smallest absolute Gasteiger partial charge is 0.323 e. The lowest BCUT2D eigenvalue weighted by Crippen LogP contribution is -2.12. The van der Waals surface area contributed by atoms with E-state index in [2.05, 4.69) is 29.1 Å². The van der Waals surface area contributed by atoms with Gasteiger partial charge in [0.2, 0.25) is 0 Å². The standard InChI is InChI=1S/C20H23N3O4/c1-12(2)8-9-27-17-7-4-13(10-18(17)26-3)19(24)21-14-5-6-15-16(11-14)23-20(25)22-15/h4-7,10-12H,8-9H2,1-3H3,(H,21,24)(H2,22,23,25). The lowest BCUT2D eigenvalue weighted by atomic mass is 10.1. The summed E-state index contributed by atoms with van der Waals surface area (Å²) in [5.74, 6) is 1.39. The number of carbonyl (C=O) groups is 1. The van der Waals surface area contributed by atoms with Crippen LogP contribution in [0.15, 0.2) is 41.2 Å². The molecule has 0 atom stereocenters. The van der Waals surface area contributed by atoms with Gasteiger partial charge in [0.15, 0.2) is 11.5 Å². The maximum Gasteiger partial charge on any atom is 0.323 e. The molecular formula is C20H23N3O4. The third-order valence-corrected chi connectivity index (χ3v) is 4.15. The zero-order valence-electron chi connectivity index (χ0n) is 15.6. The number of hydrogen-bond acceptors (Lipinski definition) is 4. The van der Waals surface area contributed by atoms with E-state index >= 15 is 0 Å². The summed E-state index contributed by atoms with van der Waals surface area (Å²) >= 11 is 0. The lowest BCUT2D eigenvalue weighted by Gasteiger charge is -2.13. The van der Waals surface area contributed by atoms with Gasteiger partial charge >= 0.3 is 5.69 Å². The van der Waals surface area contributed by atoms with Crippen LogP contribution in [-0.4, -0.2) is 29.6 Å². The molecule has 1 heterocycles. The number of hydrogen-bond donors (Lipinski definition) is 3.